The molecule has 31 heavy (non-hydrogen) atoms. The predicted octanol–water partition coefficient (Wildman–Crippen LogP) is 3.69. The molecule has 0 spiro atoms. The SMILES string of the molecule is CCCOc1ccccc1CN=C(N)Nc1nc(-c2cccc(CNC(C)=O)c2)co1. The number of nitrogens with two attached hydrogens (primary N) is 1. The Hall–Kier alpha value is -3.81. The van der Waals surface area contributed by atoms with Crippen LogP contribution in [0, 0.1) is 0 Å². The average Bonchev–Trinajstić information content (AvgIpc) is 3.24. The molecule has 0 aliphatic heterocycles. The molecule has 1 aromatic heterocycles. The van der Waals surface area contributed by atoms with Crippen LogP contribution < -0.4 is 21.1 Å². The van der Waals surface area contributed by atoms with Crippen molar-refractivity contribution in [1.82, 2.24) is 10.3 Å². The van der Waals surface area contributed by atoms with Gasteiger partial charge in [0.25, 0.3) is 0 Å². The summed E-state index contributed by atoms with van der Waals surface area (Å²) in [6, 6.07) is 15.7. The number of nitrogens with one attached hydrogen (secondary N) is 2. The van der Waals surface area contributed by atoms with E-state index in [1.54, 1.807) is 6.26 Å². The van der Waals surface area contributed by atoms with Crippen LogP contribution in [0.5, 0.6) is 5.75 Å². The second-order valence-electron chi connectivity index (χ2n) is 6.93. The molecule has 0 aliphatic rings. The number of aliphatic imine (C=N–C) groups is 1. The number of nitrogens with zero attached hydrogens (tertiary/aromatic N) is 2. The minimum Gasteiger partial charge on any atom is -0.493 e. The van der Waals surface area contributed by atoms with Crippen LogP contribution in [-0.4, -0.2) is 23.5 Å². The fourth-order valence-electron chi connectivity index (χ4n) is 2.84. The third kappa shape index (κ3) is 6.60. The number of carbonyl (C=O) groups is 1. The summed E-state index contributed by atoms with van der Waals surface area (Å²) < 4.78 is 11.2. The zero-order valence-electron chi connectivity index (χ0n) is 17.7. The molecule has 0 saturated carbocycles. The van der Waals surface area contributed by atoms with Crippen molar-refractivity contribution >= 4 is 17.9 Å². The number of para-hydroxylation sites is 1. The Morgan fingerprint density at radius 2 is 2.06 bits per heavy atom. The van der Waals surface area contributed by atoms with Gasteiger partial charge in [0.05, 0.1) is 13.2 Å². The third-order valence-electron chi connectivity index (χ3n) is 4.36. The van der Waals surface area contributed by atoms with Crippen LogP contribution in [0.25, 0.3) is 11.3 Å². The Balaban J connectivity index is 1.63. The molecule has 0 fully saturated rings. The summed E-state index contributed by atoms with van der Waals surface area (Å²) in [7, 11) is 0. The van der Waals surface area contributed by atoms with Gasteiger partial charge in [-0.1, -0.05) is 43.3 Å². The van der Waals surface area contributed by atoms with Gasteiger partial charge in [0.1, 0.15) is 17.7 Å². The molecule has 162 valence electrons. The quantitative estimate of drug-likeness (QED) is 0.359. The Morgan fingerprint density at radius 3 is 2.87 bits per heavy atom. The maximum Gasteiger partial charge on any atom is 0.302 e. The number of hydrogen-bond donors (Lipinski definition) is 3. The molecule has 8 nitrogen and oxygen atoms in total. The van der Waals surface area contributed by atoms with Crippen LogP contribution in [0.15, 0.2) is 64.2 Å². The molecule has 0 aliphatic carbocycles. The van der Waals surface area contributed by atoms with Crippen molar-refractivity contribution in [3.8, 4) is 17.0 Å². The Bertz CT molecular complexity index is 1040. The van der Waals surface area contributed by atoms with E-state index in [-0.39, 0.29) is 17.9 Å². The lowest BCUT2D eigenvalue weighted by Crippen LogP contribution is -2.22. The van der Waals surface area contributed by atoms with E-state index in [9.17, 15) is 4.79 Å². The second-order valence-corrected chi connectivity index (χ2v) is 6.93. The van der Waals surface area contributed by atoms with Gasteiger partial charge in [-0.15, -0.1) is 0 Å². The number of rotatable bonds is 9. The van der Waals surface area contributed by atoms with Gasteiger partial charge in [-0.3, -0.25) is 10.1 Å². The average molecular weight is 422 g/mol. The standard InChI is InChI=1S/C23H27N5O3/c1-3-11-30-21-10-5-4-8-19(21)14-26-22(24)28-23-27-20(15-31-23)18-9-6-7-17(12-18)13-25-16(2)29/h4-10,12,15H,3,11,13-14H2,1-2H3,(H,25,29)(H3,24,26,27,28). The van der Waals surface area contributed by atoms with E-state index < -0.39 is 0 Å². The van der Waals surface area contributed by atoms with E-state index in [0.29, 0.717) is 25.4 Å². The van der Waals surface area contributed by atoms with Gasteiger partial charge in [0.15, 0.2) is 5.96 Å². The first-order valence-corrected chi connectivity index (χ1v) is 10.1. The first kappa shape index (κ1) is 21.9. The van der Waals surface area contributed by atoms with E-state index in [0.717, 1.165) is 28.9 Å². The molecule has 0 radical (unpaired) electrons. The molecular weight excluding hydrogens is 394 g/mol. The number of ether oxygens (including phenoxy) is 1. The number of amides is 1. The number of anilines is 1. The molecule has 0 unspecified atom stereocenters. The zero-order valence-corrected chi connectivity index (χ0v) is 17.7. The van der Waals surface area contributed by atoms with E-state index in [1.165, 1.54) is 6.92 Å². The van der Waals surface area contributed by atoms with Crippen LogP contribution in [0.4, 0.5) is 6.01 Å². The van der Waals surface area contributed by atoms with Crippen molar-refractivity contribution in [3.05, 3.63) is 65.9 Å². The van der Waals surface area contributed by atoms with Crippen LogP contribution in [0.3, 0.4) is 0 Å². The molecule has 2 aromatic carbocycles. The molecule has 0 saturated heterocycles. The maximum absolute atomic E-state index is 11.1. The van der Waals surface area contributed by atoms with Crippen molar-refractivity contribution in [2.24, 2.45) is 10.7 Å². The highest BCUT2D eigenvalue weighted by Crippen LogP contribution is 2.22. The van der Waals surface area contributed by atoms with E-state index in [1.807, 2.05) is 48.5 Å². The van der Waals surface area contributed by atoms with E-state index >= 15 is 0 Å². The van der Waals surface area contributed by atoms with Gasteiger partial charge in [-0.05, 0) is 24.1 Å². The number of hydrogen-bond acceptors (Lipinski definition) is 5. The van der Waals surface area contributed by atoms with E-state index in [4.69, 9.17) is 14.9 Å². The summed E-state index contributed by atoms with van der Waals surface area (Å²) in [5.41, 5.74) is 9.44. The lowest BCUT2D eigenvalue weighted by molar-refractivity contribution is -0.119. The van der Waals surface area contributed by atoms with Gasteiger partial charge in [-0.2, -0.15) is 4.98 Å². The molecule has 3 rings (SSSR count). The van der Waals surface area contributed by atoms with Crippen molar-refractivity contribution < 1.29 is 13.9 Å². The minimum absolute atomic E-state index is 0.0763. The fraction of sp³-hybridized carbons (Fsp3) is 0.261. The summed E-state index contributed by atoms with van der Waals surface area (Å²) in [4.78, 5) is 19.9. The normalized spacial score (nSPS) is 11.2. The largest absolute Gasteiger partial charge is 0.493 e. The van der Waals surface area contributed by atoms with Crippen LogP contribution in [-0.2, 0) is 17.9 Å². The summed E-state index contributed by atoms with van der Waals surface area (Å²) in [5, 5.41) is 5.65. The van der Waals surface area contributed by atoms with Crippen LogP contribution in [0.2, 0.25) is 0 Å². The van der Waals surface area contributed by atoms with Gasteiger partial charge >= 0.3 is 6.01 Å². The molecule has 8 heteroatoms. The molecule has 1 heterocycles. The number of oxazole rings is 1. The number of aromatic nitrogens is 1. The van der Waals surface area contributed by atoms with Crippen LogP contribution in [0.1, 0.15) is 31.4 Å². The van der Waals surface area contributed by atoms with E-state index in [2.05, 4.69) is 27.5 Å². The van der Waals surface area contributed by atoms with Gasteiger partial charge in [0, 0.05) is 24.6 Å². The number of carbonyl (C=O) groups excluding carboxylic acids is 1. The van der Waals surface area contributed by atoms with Crippen molar-refractivity contribution in [2.75, 3.05) is 11.9 Å². The highest BCUT2D eigenvalue weighted by molar-refractivity contribution is 5.90. The Morgan fingerprint density at radius 1 is 1.23 bits per heavy atom. The summed E-state index contributed by atoms with van der Waals surface area (Å²) in [6.07, 6.45) is 2.48. The molecule has 4 N–H and O–H groups in total. The first-order chi connectivity index (χ1) is 15.0. The number of guanidine groups is 1. The summed E-state index contributed by atoms with van der Waals surface area (Å²) in [5.74, 6) is 0.921. The minimum atomic E-state index is -0.0763. The van der Waals surface area contributed by atoms with Crippen molar-refractivity contribution in [3.63, 3.8) is 0 Å². The highest BCUT2D eigenvalue weighted by atomic mass is 16.5. The highest BCUT2D eigenvalue weighted by Gasteiger charge is 2.09. The maximum atomic E-state index is 11.1. The smallest absolute Gasteiger partial charge is 0.302 e. The zero-order chi connectivity index (χ0) is 22.1. The molecule has 0 bridgehead atoms. The van der Waals surface area contributed by atoms with Gasteiger partial charge in [0.2, 0.25) is 5.91 Å². The van der Waals surface area contributed by atoms with Gasteiger partial charge < -0.3 is 20.2 Å². The van der Waals surface area contributed by atoms with Gasteiger partial charge in [-0.25, -0.2) is 4.99 Å². The molecule has 0 atom stereocenters. The molecular formula is C23H27N5O3. The predicted molar refractivity (Wildman–Crippen MR) is 121 cm³/mol. The summed E-state index contributed by atoms with van der Waals surface area (Å²) >= 11 is 0. The first-order valence-electron chi connectivity index (χ1n) is 10.1. The summed E-state index contributed by atoms with van der Waals surface area (Å²) in [6.45, 7) is 5.03. The Labute approximate surface area is 181 Å². The number of benzene rings is 2. The molecule has 3 aromatic rings. The second kappa shape index (κ2) is 10.8. The third-order valence-corrected chi connectivity index (χ3v) is 4.36. The topological polar surface area (TPSA) is 115 Å². The van der Waals surface area contributed by atoms with Crippen molar-refractivity contribution in [2.45, 2.75) is 33.4 Å². The lowest BCUT2D eigenvalue weighted by Gasteiger charge is -2.09. The Kier molecular flexibility index (Phi) is 7.64. The van der Waals surface area contributed by atoms with Crippen LogP contribution >= 0.6 is 0 Å². The lowest BCUT2D eigenvalue weighted by atomic mass is 10.1. The monoisotopic (exact) mass is 421 g/mol. The molecule has 1 amide bonds. The van der Waals surface area contributed by atoms with Crippen molar-refractivity contribution in [1.29, 1.82) is 0 Å². The fourth-order valence-corrected chi connectivity index (χ4v) is 2.84.